The molecule has 1 fully saturated rings. The van der Waals surface area contributed by atoms with Crippen LogP contribution in [0.1, 0.15) is 18.1 Å². The summed E-state index contributed by atoms with van der Waals surface area (Å²) < 4.78 is 52.9. The third-order valence-electron chi connectivity index (χ3n) is 4.35. The maximum atomic E-state index is 12.6. The third kappa shape index (κ3) is 3.90. The van der Waals surface area contributed by atoms with Crippen molar-refractivity contribution in [3.8, 4) is 0 Å². The molecular weight excluding hydrogens is 388 g/mol. The topological polar surface area (TPSA) is 101 Å². The van der Waals surface area contributed by atoms with Gasteiger partial charge in [0.15, 0.2) is 0 Å². The fraction of sp³-hybridized carbons (Fsp3) is 0.278. The van der Waals surface area contributed by atoms with Crippen molar-refractivity contribution in [2.45, 2.75) is 25.3 Å². The van der Waals surface area contributed by atoms with Gasteiger partial charge in [-0.05, 0) is 36.2 Å². The molecule has 1 heterocycles. The zero-order valence-corrected chi connectivity index (χ0v) is 16.5. The molecule has 144 valence electrons. The lowest BCUT2D eigenvalue weighted by Crippen LogP contribution is -2.30. The van der Waals surface area contributed by atoms with Crippen LogP contribution in [-0.2, 0) is 31.4 Å². The average molecular weight is 409 g/mol. The van der Waals surface area contributed by atoms with Crippen LogP contribution >= 0.6 is 0 Å². The van der Waals surface area contributed by atoms with E-state index >= 15 is 0 Å². The number of carbonyl (C=O) groups excluding carboxylic acids is 1. The molecule has 1 aliphatic rings. The Kier molecular flexibility index (Phi) is 5.11. The van der Waals surface area contributed by atoms with Gasteiger partial charge in [0, 0.05) is 6.54 Å². The van der Waals surface area contributed by atoms with Gasteiger partial charge in [-0.25, -0.2) is 25.9 Å². The van der Waals surface area contributed by atoms with Crippen molar-refractivity contribution in [2.24, 2.45) is 5.92 Å². The molecule has 1 aliphatic heterocycles. The maximum absolute atomic E-state index is 12.6. The normalized spacial score (nSPS) is 19.4. The van der Waals surface area contributed by atoms with Crippen LogP contribution in [0.3, 0.4) is 0 Å². The number of sulfonamides is 2. The number of hydrogen-bond acceptors (Lipinski definition) is 5. The predicted octanol–water partition coefficient (Wildman–Crippen LogP) is 1.79. The van der Waals surface area contributed by atoms with Crippen molar-refractivity contribution in [3.63, 3.8) is 0 Å². The molecule has 2 aromatic carbocycles. The van der Waals surface area contributed by atoms with E-state index in [1.165, 1.54) is 18.2 Å². The molecule has 1 unspecified atom stereocenters. The predicted molar refractivity (Wildman–Crippen MR) is 102 cm³/mol. The minimum Gasteiger partial charge on any atom is -0.273 e. The Morgan fingerprint density at radius 2 is 1.81 bits per heavy atom. The fourth-order valence-electron chi connectivity index (χ4n) is 3.00. The van der Waals surface area contributed by atoms with Crippen molar-refractivity contribution < 1.29 is 21.6 Å². The summed E-state index contributed by atoms with van der Waals surface area (Å²) >= 11 is 0. The van der Waals surface area contributed by atoms with Gasteiger partial charge >= 0.3 is 0 Å². The molecule has 1 amide bonds. The Labute approximate surface area is 159 Å². The number of carbonyl (C=O) groups is 1. The summed E-state index contributed by atoms with van der Waals surface area (Å²) in [4.78, 5) is 12.2. The first-order valence-electron chi connectivity index (χ1n) is 8.33. The monoisotopic (exact) mass is 408 g/mol. The smallest absolute Gasteiger partial charge is 0.244 e. The van der Waals surface area contributed by atoms with Gasteiger partial charge in [-0.1, -0.05) is 37.3 Å². The summed E-state index contributed by atoms with van der Waals surface area (Å²) in [6, 6.07) is 13.2. The molecule has 9 heteroatoms. The van der Waals surface area contributed by atoms with E-state index in [0.29, 0.717) is 5.56 Å². The van der Waals surface area contributed by atoms with Gasteiger partial charge < -0.3 is 0 Å². The van der Waals surface area contributed by atoms with Gasteiger partial charge in [0.25, 0.3) is 0 Å². The average Bonchev–Trinajstić information content (AvgIpc) is 2.81. The first-order valence-corrected chi connectivity index (χ1v) is 11.4. The van der Waals surface area contributed by atoms with Crippen LogP contribution in [0.4, 0.5) is 5.69 Å². The van der Waals surface area contributed by atoms with E-state index in [4.69, 9.17) is 0 Å². The molecule has 3 rings (SSSR count). The highest BCUT2D eigenvalue weighted by atomic mass is 32.2. The number of nitrogens with one attached hydrogen (secondary N) is 1. The lowest BCUT2D eigenvalue weighted by molar-refractivity contribution is -0.119. The Balaban J connectivity index is 1.87. The van der Waals surface area contributed by atoms with Crippen molar-refractivity contribution in [2.75, 3.05) is 10.1 Å². The van der Waals surface area contributed by atoms with Gasteiger partial charge in [0.05, 0.1) is 22.3 Å². The van der Waals surface area contributed by atoms with Crippen LogP contribution in [0.2, 0.25) is 0 Å². The number of rotatable bonds is 5. The zero-order valence-electron chi connectivity index (χ0n) is 14.9. The summed E-state index contributed by atoms with van der Waals surface area (Å²) in [7, 11) is -7.52. The number of hydrogen-bond donors (Lipinski definition) is 1. The van der Waals surface area contributed by atoms with Crippen LogP contribution in [0.25, 0.3) is 0 Å². The lowest BCUT2D eigenvalue weighted by atomic mass is 10.2. The van der Waals surface area contributed by atoms with Gasteiger partial charge in [-0.2, -0.15) is 0 Å². The number of aryl methyl sites for hydroxylation is 1. The van der Waals surface area contributed by atoms with E-state index in [1.807, 2.05) is 30.3 Å². The molecule has 7 nitrogen and oxygen atoms in total. The highest BCUT2D eigenvalue weighted by molar-refractivity contribution is 7.94. The standard InChI is InChI=1S/C18H20N2O5S2/c1-13-10-16(20-18(21)14(2)12-26(20,22)23)8-9-17(13)27(24,25)19-11-15-6-4-3-5-7-15/h3-10,14,19H,11-12H2,1-2H3. The molecule has 0 bridgehead atoms. The van der Waals surface area contributed by atoms with Crippen LogP contribution in [0.5, 0.6) is 0 Å². The van der Waals surface area contributed by atoms with Crippen molar-refractivity contribution in [1.82, 2.24) is 4.72 Å². The number of anilines is 1. The molecule has 27 heavy (non-hydrogen) atoms. The molecular formula is C18H20N2O5S2. The van der Waals surface area contributed by atoms with Crippen molar-refractivity contribution in [3.05, 3.63) is 59.7 Å². The third-order valence-corrected chi connectivity index (χ3v) is 7.78. The lowest BCUT2D eigenvalue weighted by Gasteiger charge is -2.17. The molecule has 1 saturated heterocycles. The number of benzene rings is 2. The molecule has 1 N–H and O–H groups in total. The van der Waals surface area contributed by atoms with Crippen LogP contribution in [0, 0.1) is 12.8 Å². The summed E-state index contributed by atoms with van der Waals surface area (Å²) in [5.74, 6) is -1.37. The fourth-order valence-corrected chi connectivity index (χ4v) is 6.05. The Hall–Kier alpha value is -2.23. The summed E-state index contributed by atoms with van der Waals surface area (Å²) in [5, 5.41) is 0. The second-order valence-corrected chi connectivity index (χ2v) is 10.1. The van der Waals surface area contributed by atoms with Crippen LogP contribution in [0.15, 0.2) is 53.4 Å². The number of nitrogens with zero attached hydrogens (tertiary/aromatic N) is 1. The van der Waals surface area contributed by atoms with E-state index in [1.54, 1.807) is 13.8 Å². The van der Waals surface area contributed by atoms with Gasteiger partial charge in [0.2, 0.25) is 26.0 Å². The maximum Gasteiger partial charge on any atom is 0.244 e. The highest BCUT2D eigenvalue weighted by Gasteiger charge is 2.42. The molecule has 0 aliphatic carbocycles. The zero-order chi connectivity index (χ0) is 19.8. The van der Waals surface area contributed by atoms with Crippen molar-refractivity contribution in [1.29, 1.82) is 0 Å². The second kappa shape index (κ2) is 7.06. The van der Waals surface area contributed by atoms with E-state index in [0.717, 1.165) is 9.87 Å². The number of amides is 1. The first kappa shape index (κ1) is 19.5. The van der Waals surface area contributed by atoms with Crippen LogP contribution in [-0.4, -0.2) is 28.5 Å². The van der Waals surface area contributed by atoms with Crippen molar-refractivity contribution >= 4 is 31.6 Å². The van der Waals surface area contributed by atoms with Gasteiger partial charge in [0.1, 0.15) is 0 Å². The Morgan fingerprint density at radius 1 is 1.15 bits per heavy atom. The largest absolute Gasteiger partial charge is 0.273 e. The molecule has 1 atom stereocenters. The minimum atomic E-state index is -3.79. The molecule has 0 saturated carbocycles. The molecule has 2 aromatic rings. The molecule has 0 radical (unpaired) electrons. The van der Waals surface area contributed by atoms with Gasteiger partial charge in [-0.15, -0.1) is 0 Å². The highest BCUT2D eigenvalue weighted by Crippen LogP contribution is 2.30. The quantitative estimate of drug-likeness (QED) is 0.813. The van der Waals surface area contributed by atoms with Gasteiger partial charge in [-0.3, -0.25) is 4.79 Å². The Bertz CT molecular complexity index is 1080. The van der Waals surface area contributed by atoms with E-state index < -0.39 is 31.9 Å². The molecule has 0 spiro atoms. The van der Waals surface area contributed by atoms with E-state index in [-0.39, 0.29) is 22.9 Å². The summed E-state index contributed by atoms with van der Waals surface area (Å²) in [6.07, 6.45) is 0. The molecule has 0 aromatic heterocycles. The van der Waals surface area contributed by atoms with E-state index in [2.05, 4.69) is 4.72 Å². The SMILES string of the molecule is Cc1cc(N2C(=O)C(C)CS2(=O)=O)ccc1S(=O)(=O)NCc1ccccc1. The Morgan fingerprint density at radius 3 is 2.37 bits per heavy atom. The van der Waals surface area contributed by atoms with Crippen LogP contribution < -0.4 is 9.03 Å². The second-order valence-electron chi connectivity index (χ2n) is 6.54. The van der Waals surface area contributed by atoms with E-state index in [9.17, 15) is 21.6 Å². The minimum absolute atomic E-state index is 0.0410. The first-order chi connectivity index (χ1) is 12.6. The summed E-state index contributed by atoms with van der Waals surface area (Å²) in [6.45, 7) is 3.26. The summed E-state index contributed by atoms with van der Waals surface area (Å²) in [5.41, 5.74) is 1.33.